The summed E-state index contributed by atoms with van der Waals surface area (Å²) < 4.78 is 27.7. The Morgan fingerprint density at radius 1 is 0.829 bits per heavy atom. The monoisotopic (exact) mass is 468 g/mol. The van der Waals surface area contributed by atoms with Crippen LogP contribution in [0.4, 0.5) is 8.78 Å². The number of nitrogens with zero attached hydrogens (tertiary/aromatic N) is 2. The Labute approximate surface area is 203 Å². The zero-order valence-corrected chi connectivity index (χ0v) is 19.6. The van der Waals surface area contributed by atoms with Crippen molar-refractivity contribution < 1.29 is 8.78 Å². The second-order valence-electron chi connectivity index (χ2n) is 8.62. The van der Waals surface area contributed by atoms with Crippen molar-refractivity contribution in [1.82, 2.24) is 20.3 Å². The van der Waals surface area contributed by atoms with Crippen molar-refractivity contribution in [3.63, 3.8) is 0 Å². The summed E-state index contributed by atoms with van der Waals surface area (Å²) in [7, 11) is 0. The lowest BCUT2D eigenvalue weighted by Crippen LogP contribution is -2.19. The molecule has 0 amide bonds. The lowest BCUT2D eigenvalue weighted by Gasteiger charge is -2.17. The van der Waals surface area contributed by atoms with Crippen LogP contribution in [-0.4, -0.2) is 21.5 Å². The van der Waals surface area contributed by atoms with Gasteiger partial charge in [0.2, 0.25) is 0 Å². The van der Waals surface area contributed by atoms with Gasteiger partial charge in [-0.25, -0.2) is 13.8 Å². The van der Waals surface area contributed by atoms with Gasteiger partial charge in [0.15, 0.2) is 0 Å². The van der Waals surface area contributed by atoms with Gasteiger partial charge in [-0.2, -0.15) is 0 Å². The molecule has 6 heteroatoms. The molecule has 0 bridgehead atoms. The number of H-pyrrole nitrogens is 1. The lowest BCUT2D eigenvalue weighted by atomic mass is 9.90. The van der Waals surface area contributed by atoms with Crippen LogP contribution in [0.3, 0.4) is 0 Å². The maximum atomic E-state index is 13.9. The minimum Gasteiger partial charge on any atom is -0.355 e. The van der Waals surface area contributed by atoms with Crippen molar-refractivity contribution in [3.8, 4) is 33.5 Å². The summed E-state index contributed by atoms with van der Waals surface area (Å²) in [5.41, 5.74) is 7.76. The molecule has 2 N–H and O–H groups in total. The zero-order valence-electron chi connectivity index (χ0n) is 19.6. The van der Waals surface area contributed by atoms with Crippen molar-refractivity contribution in [2.45, 2.75) is 26.3 Å². The minimum absolute atomic E-state index is 0.101. The van der Waals surface area contributed by atoms with E-state index in [-0.39, 0.29) is 17.7 Å². The molecule has 0 aliphatic carbocycles. The van der Waals surface area contributed by atoms with E-state index in [2.05, 4.69) is 35.2 Å². The van der Waals surface area contributed by atoms with Crippen LogP contribution in [-0.2, 0) is 0 Å². The van der Waals surface area contributed by atoms with Crippen LogP contribution >= 0.6 is 0 Å². The first kappa shape index (κ1) is 22.9. The molecule has 0 radical (unpaired) electrons. The highest BCUT2D eigenvalue weighted by Crippen LogP contribution is 2.43. The number of halogens is 2. The van der Waals surface area contributed by atoms with Crippen LogP contribution in [0.2, 0.25) is 0 Å². The SMILES string of the molecule is CCCNC(C)c1cc2nc(-c3ccc(F)cc3)c(-c3ccncc3)c(-c3ccc(F)cc3)c2[nH]1. The van der Waals surface area contributed by atoms with E-state index in [1.807, 2.05) is 12.1 Å². The third kappa shape index (κ3) is 4.57. The van der Waals surface area contributed by atoms with Crippen LogP contribution in [0.1, 0.15) is 32.0 Å². The quantitative estimate of drug-likeness (QED) is 0.264. The maximum Gasteiger partial charge on any atom is 0.123 e. The predicted molar refractivity (Wildman–Crippen MR) is 137 cm³/mol. The van der Waals surface area contributed by atoms with Gasteiger partial charge in [0, 0.05) is 40.8 Å². The molecule has 3 heterocycles. The average molecular weight is 469 g/mol. The molecule has 4 nitrogen and oxygen atoms in total. The Morgan fingerprint density at radius 2 is 1.43 bits per heavy atom. The molecule has 0 spiro atoms. The van der Waals surface area contributed by atoms with Crippen molar-refractivity contribution in [3.05, 3.63) is 96.5 Å². The first-order valence-electron chi connectivity index (χ1n) is 11.8. The lowest BCUT2D eigenvalue weighted by molar-refractivity contribution is 0.561. The van der Waals surface area contributed by atoms with Gasteiger partial charge < -0.3 is 10.3 Å². The van der Waals surface area contributed by atoms with Gasteiger partial charge in [-0.1, -0.05) is 19.1 Å². The molecule has 35 heavy (non-hydrogen) atoms. The molecule has 0 saturated carbocycles. The number of nitrogens with one attached hydrogen (secondary N) is 2. The van der Waals surface area contributed by atoms with Crippen LogP contribution in [0, 0.1) is 11.6 Å². The number of pyridine rings is 2. The highest BCUT2D eigenvalue weighted by Gasteiger charge is 2.22. The summed E-state index contributed by atoms with van der Waals surface area (Å²) in [5, 5.41) is 3.52. The smallest absolute Gasteiger partial charge is 0.123 e. The highest BCUT2D eigenvalue weighted by atomic mass is 19.1. The number of fused-ring (bicyclic) bond motifs is 1. The predicted octanol–water partition coefficient (Wildman–Crippen LogP) is 7.30. The van der Waals surface area contributed by atoms with Crippen LogP contribution in [0.25, 0.3) is 44.5 Å². The number of aromatic nitrogens is 3. The van der Waals surface area contributed by atoms with E-state index in [1.54, 1.807) is 36.7 Å². The first-order chi connectivity index (χ1) is 17.0. The van der Waals surface area contributed by atoms with Crippen molar-refractivity contribution in [2.75, 3.05) is 6.54 Å². The van der Waals surface area contributed by atoms with Crippen molar-refractivity contribution >= 4 is 11.0 Å². The summed E-state index contributed by atoms with van der Waals surface area (Å²) in [6.45, 7) is 5.15. The van der Waals surface area contributed by atoms with Gasteiger partial charge >= 0.3 is 0 Å². The van der Waals surface area contributed by atoms with Crippen LogP contribution in [0.15, 0.2) is 79.1 Å². The number of aromatic amines is 1. The third-order valence-corrected chi connectivity index (χ3v) is 6.17. The Bertz CT molecular complexity index is 1440. The molecular weight excluding hydrogens is 442 g/mol. The van der Waals surface area contributed by atoms with Crippen molar-refractivity contribution in [2.24, 2.45) is 0 Å². The Balaban J connectivity index is 1.85. The number of hydrogen-bond acceptors (Lipinski definition) is 3. The summed E-state index contributed by atoms with van der Waals surface area (Å²) in [6, 6.07) is 18.9. The van der Waals surface area contributed by atoms with Gasteiger partial charge in [-0.05, 0) is 85.6 Å². The van der Waals surface area contributed by atoms with E-state index in [0.29, 0.717) is 0 Å². The molecule has 0 saturated heterocycles. The zero-order chi connectivity index (χ0) is 24.4. The number of benzene rings is 2. The Kier molecular flexibility index (Phi) is 6.38. The van der Waals surface area contributed by atoms with Crippen molar-refractivity contribution in [1.29, 1.82) is 0 Å². The summed E-state index contributed by atoms with van der Waals surface area (Å²) in [4.78, 5) is 12.8. The summed E-state index contributed by atoms with van der Waals surface area (Å²) in [5.74, 6) is -0.605. The van der Waals surface area contributed by atoms with E-state index in [9.17, 15) is 8.78 Å². The van der Waals surface area contributed by atoms with E-state index in [4.69, 9.17) is 4.98 Å². The highest BCUT2D eigenvalue weighted by molar-refractivity contribution is 6.05. The fourth-order valence-corrected chi connectivity index (χ4v) is 4.39. The molecule has 5 rings (SSSR count). The average Bonchev–Trinajstić information content (AvgIpc) is 3.32. The molecular formula is C29H26F2N4. The molecule has 0 aliphatic heterocycles. The van der Waals surface area contributed by atoms with E-state index < -0.39 is 0 Å². The standard InChI is InChI=1S/C29H26F2N4/c1-3-14-33-18(2)24-17-25-29(34-24)27(19-4-8-22(30)9-5-19)26(20-12-15-32-16-13-20)28(35-25)21-6-10-23(31)11-7-21/h4-13,15-18,33-34H,3,14H2,1-2H3. The molecule has 2 aromatic carbocycles. The summed E-state index contributed by atoms with van der Waals surface area (Å²) >= 11 is 0. The van der Waals surface area contributed by atoms with E-state index in [1.165, 1.54) is 24.3 Å². The Hall–Kier alpha value is -3.90. The second kappa shape index (κ2) is 9.76. The van der Waals surface area contributed by atoms with Gasteiger partial charge in [-0.15, -0.1) is 0 Å². The normalized spacial score (nSPS) is 12.2. The molecule has 0 aliphatic rings. The minimum atomic E-state index is -0.307. The van der Waals surface area contributed by atoms with Crippen LogP contribution in [0.5, 0.6) is 0 Å². The van der Waals surface area contributed by atoms with E-state index >= 15 is 0 Å². The number of hydrogen-bond donors (Lipinski definition) is 2. The van der Waals surface area contributed by atoms with Crippen LogP contribution < -0.4 is 5.32 Å². The first-order valence-corrected chi connectivity index (χ1v) is 11.8. The Morgan fingerprint density at radius 3 is 2.06 bits per heavy atom. The van der Waals surface area contributed by atoms with Gasteiger partial charge in [0.1, 0.15) is 11.6 Å². The molecule has 1 unspecified atom stereocenters. The molecule has 5 aromatic rings. The molecule has 0 fully saturated rings. The van der Waals surface area contributed by atoms with E-state index in [0.717, 1.165) is 63.2 Å². The molecule has 1 atom stereocenters. The van der Waals surface area contributed by atoms with Gasteiger partial charge in [-0.3, -0.25) is 4.98 Å². The summed E-state index contributed by atoms with van der Waals surface area (Å²) in [6.07, 6.45) is 4.50. The fraction of sp³-hybridized carbons (Fsp3) is 0.172. The topological polar surface area (TPSA) is 53.6 Å². The molecule has 3 aromatic heterocycles. The second-order valence-corrected chi connectivity index (χ2v) is 8.62. The number of rotatable bonds is 7. The van der Waals surface area contributed by atoms with Gasteiger partial charge in [0.25, 0.3) is 0 Å². The largest absolute Gasteiger partial charge is 0.355 e. The fourth-order valence-electron chi connectivity index (χ4n) is 4.39. The molecule has 176 valence electrons. The maximum absolute atomic E-state index is 13.9. The van der Waals surface area contributed by atoms with Gasteiger partial charge in [0.05, 0.1) is 16.7 Å². The third-order valence-electron chi connectivity index (χ3n) is 6.17.